The van der Waals surface area contributed by atoms with Gasteiger partial charge in [0.15, 0.2) is 0 Å². The number of rotatable bonds is 12. The molecule has 0 nitrogen and oxygen atoms in total. The zero-order valence-corrected chi connectivity index (χ0v) is 21.2. The summed E-state index contributed by atoms with van der Waals surface area (Å²) < 4.78 is 0. The molecule has 0 fully saturated rings. The van der Waals surface area contributed by atoms with E-state index in [0.717, 1.165) is 0 Å². The van der Waals surface area contributed by atoms with Crippen molar-refractivity contribution in [1.29, 1.82) is 0 Å². The van der Waals surface area contributed by atoms with Gasteiger partial charge in [0.25, 0.3) is 0 Å². The van der Waals surface area contributed by atoms with E-state index in [4.69, 9.17) is 0 Å². The van der Waals surface area contributed by atoms with Crippen molar-refractivity contribution in [2.24, 2.45) is 0 Å². The largest absolute Gasteiger partial charge is 0.138 e. The van der Waals surface area contributed by atoms with E-state index in [1.165, 1.54) is 0 Å². The van der Waals surface area contributed by atoms with E-state index >= 15 is 0 Å². The summed E-state index contributed by atoms with van der Waals surface area (Å²) in [6.45, 7) is 23.6. The van der Waals surface area contributed by atoms with Crippen LogP contribution in [0.5, 0.6) is 0 Å². The minimum atomic E-state index is -1.06. The topological polar surface area (TPSA) is 0 Å². The van der Waals surface area contributed by atoms with E-state index in [2.05, 4.69) is 62.3 Å². The minimum absolute atomic E-state index is 0.412. The molecule has 0 saturated heterocycles. The van der Waals surface area contributed by atoms with Crippen molar-refractivity contribution in [3.05, 3.63) is 0 Å². The average molecular weight is 377 g/mol. The molecule has 0 saturated carbocycles. The van der Waals surface area contributed by atoms with Crippen LogP contribution in [0.25, 0.3) is 0 Å². The van der Waals surface area contributed by atoms with Crippen LogP contribution in [0.3, 0.4) is 0 Å². The van der Waals surface area contributed by atoms with Gasteiger partial charge in [-0.15, -0.1) is 6.57 Å². The molecule has 22 heavy (non-hydrogen) atoms. The molecule has 0 unspecified atom stereocenters. The monoisotopic (exact) mass is 376 g/mol. The first-order chi connectivity index (χ1) is 10.4. The fraction of sp³-hybridized carbons (Fsp3) is 1.00. The van der Waals surface area contributed by atoms with Crippen molar-refractivity contribution in [3.8, 4) is 0 Å². The lowest BCUT2D eigenvalue weighted by Crippen LogP contribution is -2.53. The van der Waals surface area contributed by atoms with Crippen molar-refractivity contribution in [1.82, 2.24) is 0 Å². The highest BCUT2D eigenvalue weighted by Gasteiger charge is 2.56. The fourth-order valence-corrected chi connectivity index (χ4v) is 85.9. The van der Waals surface area contributed by atoms with E-state index in [0.29, 0.717) is 6.57 Å². The first-order valence-electron chi connectivity index (χ1n) is 10.2. The van der Waals surface area contributed by atoms with Crippen molar-refractivity contribution in [3.63, 3.8) is 0 Å². The molecule has 0 aromatic carbocycles. The molecule has 0 rings (SSSR count). The van der Waals surface area contributed by atoms with Crippen molar-refractivity contribution in [2.45, 2.75) is 117 Å². The lowest BCUT2D eigenvalue weighted by molar-refractivity contribution is 1.19. The normalized spacial score (nSPS) is 13.9. The van der Waals surface area contributed by atoms with Crippen LogP contribution >= 0.6 is 6.57 Å². The smallest absolute Gasteiger partial charge is 0.0725 e. The summed E-state index contributed by atoms with van der Waals surface area (Å²) in [4.78, 5) is 0. The van der Waals surface area contributed by atoms with Gasteiger partial charge in [-0.25, -0.2) is 0 Å². The van der Waals surface area contributed by atoms with E-state index in [1.54, 1.807) is 54.4 Å². The molecule has 4 heteroatoms. The Balaban J connectivity index is 6.42. The Hall–Kier alpha value is 1.08. The molecule has 0 aromatic rings. The predicted molar refractivity (Wildman–Crippen MR) is 119 cm³/mol. The van der Waals surface area contributed by atoms with Crippen LogP contribution in [0.4, 0.5) is 0 Å². The number of hydrogen-bond acceptors (Lipinski definition) is 0. The van der Waals surface area contributed by atoms with E-state index in [9.17, 15) is 0 Å². The lowest BCUT2D eigenvalue weighted by Gasteiger charge is -2.57. The van der Waals surface area contributed by atoms with E-state index < -0.39 is 23.2 Å². The van der Waals surface area contributed by atoms with Crippen molar-refractivity contribution >= 4 is 29.8 Å². The molecular formula is C18H45PSi3. The van der Waals surface area contributed by atoms with Gasteiger partial charge in [0, 0.05) is 0 Å². The highest BCUT2D eigenvalue weighted by atomic mass is 31.8. The first kappa shape index (κ1) is 23.1. The van der Waals surface area contributed by atoms with Crippen LogP contribution < -0.4 is 0 Å². The van der Waals surface area contributed by atoms with Crippen molar-refractivity contribution in [2.75, 3.05) is 0 Å². The summed E-state index contributed by atoms with van der Waals surface area (Å²) in [6, 6.07) is 14.2. The summed E-state index contributed by atoms with van der Waals surface area (Å²) in [5, 5.41) is 0. The van der Waals surface area contributed by atoms with Crippen LogP contribution in [0.15, 0.2) is 0 Å². The van der Waals surface area contributed by atoms with Crippen LogP contribution in [-0.4, -0.2) is 23.2 Å². The first-order valence-corrected chi connectivity index (χ1v) is 21.9. The van der Waals surface area contributed by atoms with E-state index in [1.807, 2.05) is 0 Å². The third kappa shape index (κ3) is 4.00. The fourth-order valence-electron chi connectivity index (χ4n) is 5.18. The summed E-state index contributed by atoms with van der Waals surface area (Å²) in [7, 11) is -3.17. The third-order valence-electron chi connectivity index (χ3n) is 7.35. The molecule has 0 aromatic heterocycles. The molecule has 0 heterocycles. The highest BCUT2D eigenvalue weighted by Crippen LogP contribution is 2.70. The molecule has 0 aliphatic heterocycles. The van der Waals surface area contributed by atoms with Crippen LogP contribution in [-0.2, 0) is 0 Å². The molecule has 0 aliphatic carbocycles. The van der Waals surface area contributed by atoms with Gasteiger partial charge in [-0.2, -0.15) is 0 Å². The highest BCUT2D eigenvalue weighted by molar-refractivity contribution is 8.37. The maximum Gasteiger partial charge on any atom is 0.0725 e. The molecule has 0 N–H and O–H groups in total. The standard InChI is InChI=1S/C18H45PSi3/c1-10-20(11-2,12-3)19(21(13-4,14-5)15-6)22(16-7,17-8)18-9/h10-18H2,1-9H3. The Morgan fingerprint density at radius 3 is 0.591 bits per heavy atom. The Kier molecular flexibility index (Phi) is 10.7. The van der Waals surface area contributed by atoms with Gasteiger partial charge in [0.1, 0.15) is 0 Å². The summed E-state index contributed by atoms with van der Waals surface area (Å²) >= 11 is 0. The summed E-state index contributed by atoms with van der Waals surface area (Å²) in [5.74, 6) is 0. The quantitative estimate of drug-likeness (QED) is 0.236. The lowest BCUT2D eigenvalue weighted by atomic mass is 10.9. The van der Waals surface area contributed by atoms with Gasteiger partial charge in [0.2, 0.25) is 0 Å². The molecule has 0 bridgehead atoms. The second-order valence-corrected chi connectivity index (χ2v) is 38.2. The van der Waals surface area contributed by atoms with Gasteiger partial charge >= 0.3 is 0 Å². The second-order valence-electron chi connectivity index (χ2n) is 7.19. The molecule has 0 atom stereocenters. The average Bonchev–Trinajstić information content (AvgIpc) is 2.60. The molecule has 0 aliphatic rings. The van der Waals surface area contributed by atoms with Crippen LogP contribution in [0.2, 0.25) is 54.4 Å². The van der Waals surface area contributed by atoms with Gasteiger partial charge in [-0.1, -0.05) is 117 Å². The van der Waals surface area contributed by atoms with Gasteiger partial charge in [-0.05, 0) is 0 Å². The summed E-state index contributed by atoms with van der Waals surface area (Å²) in [5.41, 5.74) is 0. The van der Waals surface area contributed by atoms with Gasteiger partial charge < -0.3 is 0 Å². The number of hydrogen-bond donors (Lipinski definition) is 0. The van der Waals surface area contributed by atoms with Gasteiger partial charge in [0.05, 0.1) is 23.2 Å². The maximum atomic E-state index is 2.58. The SMILES string of the molecule is CC[Si](CC)(CC)P([Si](CC)(CC)CC)[Si](CC)(CC)CC. The zero-order chi connectivity index (χ0) is 17.4. The van der Waals surface area contributed by atoms with Crippen LogP contribution in [0, 0.1) is 0 Å². The van der Waals surface area contributed by atoms with Crippen LogP contribution in [0.1, 0.15) is 62.3 Å². The Morgan fingerprint density at radius 2 is 0.500 bits per heavy atom. The summed E-state index contributed by atoms with van der Waals surface area (Å²) in [6.07, 6.45) is 0. The van der Waals surface area contributed by atoms with E-state index in [-0.39, 0.29) is 0 Å². The zero-order valence-electron chi connectivity index (χ0n) is 17.3. The second kappa shape index (κ2) is 10.2. The Bertz CT molecular complexity index is 222. The molecule has 0 radical (unpaired) electrons. The maximum absolute atomic E-state index is 2.58. The predicted octanol–water partition coefficient (Wildman–Crippen LogP) is 8.48. The molecule has 134 valence electrons. The molecule has 0 spiro atoms. The molecular weight excluding hydrogens is 331 g/mol. The molecule has 0 amide bonds. The third-order valence-corrected chi connectivity index (χ3v) is 64.7. The van der Waals surface area contributed by atoms with Gasteiger partial charge in [-0.3, -0.25) is 0 Å². The minimum Gasteiger partial charge on any atom is -0.138 e. The Labute approximate surface area is 146 Å². The Morgan fingerprint density at radius 1 is 0.364 bits per heavy atom. The van der Waals surface area contributed by atoms with Crippen molar-refractivity contribution < 1.29 is 0 Å².